The van der Waals surface area contributed by atoms with E-state index in [2.05, 4.69) is 20.1 Å². The summed E-state index contributed by atoms with van der Waals surface area (Å²) in [5.41, 5.74) is 0. The molecule has 1 heterocycles. The van der Waals surface area contributed by atoms with Crippen LogP contribution in [0.25, 0.3) is 0 Å². The van der Waals surface area contributed by atoms with Gasteiger partial charge in [0.15, 0.2) is 0 Å². The molecule has 0 amide bonds. The summed E-state index contributed by atoms with van der Waals surface area (Å²) in [7, 11) is 0. The lowest BCUT2D eigenvalue weighted by atomic mass is 9.76. The van der Waals surface area contributed by atoms with Gasteiger partial charge in [-0.15, -0.1) is 13.2 Å². The Morgan fingerprint density at radius 3 is 2.20 bits per heavy atom. The molecule has 1 aliphatic carbocycles. The standard InChI is InChI=1S/C10H18O.C2H6.C2H4/c1-8-6-7-11-10-5-3-2-4-9(8)10;2*1-2/h8-10H,2-7H2,1H3;1-2H3;1-2H2. The molecule has 0 bridgehead atoms. The summed E-state index contributed by atoms with van der Waals surface area (Å²) in [5.74, 6) is 1.83. The molecule has 2 fully saturated rings. The minimum absolute atomic E-state index is 0.632. The zero-order chi connectivity index (χ0) is 11.7. The molecule has 2 rings (SSSR count). The Morgan fingerprint density at radius 2 is 1.60 bits per heavy atom. The van der Waals surface area contributed by atoms with Crippen molar-refractivity contribution < 1.29 is 4.74 Å². The monoisotopic (exact) mass is 212 g/mol. The fraction of sp³-hybridized carbons (Fsp3) is 0.857. The minimum atomic E-state index is 0.632. The average molecular weight is 212 g/mol. The summed E-state index contributed by atoms with van der Waals surface area (Å²) < 4.78 is 5.75. The van der Waals surface area contributed by atoms with Gasteiger partial charge in [-0.3, -0.25) is 0 Å². The second-order valence-corrected chi connectivity index (χ2v) is 4.12. The molecule has 0 aromatic heterocycles. The third-order valence-corrected chi connectivity index (χ3v) is 3.39. The van der Waals surface area contributed by atoms with Crippen LogP contribution in [-0.2, 0) is 4.74 Å². The van der Waals surface area contributed by atoms with E-state index in [1.165, 1.54) is 32.1 Å². The topological polar surface area (TPSA) is 9.23 Å². The normalized spacial score (nSPS) is 33.7. The molecule has 0 spiro atoms. The molecule has 1 heteroatoms. The van der Waals surface area contributed by atoms with E-state index in [-0.39, 0.29) is 0 Å². The van der Waals surface area contributed by atoms with Crippen LogP contribution >= 0.6 is 0 Å². The van der Waals surface area contributed by atoms with E-state index in [1.54, 1.807) is 0 Å². The number of hydrogen-bond donors (Lipinski definition) is 0. The SMILES string of the molecule is C=C.CC.CC1CCOC2CCCCC12. The van der Waals surface area contributed by atoms with Gasteiger partial charge in [0.1, 0.15) is 0 Å². The van der Waals surface area contributed by atoms with E-state index < -0.39 is 0 Å². The molecule has 2 aliphatic rings. The summed E-state index contributed by atoms with van der Waals surface area (Å²) in [6.45, 7) is 13.4. The van der Waals surface area contributed by atoms with Crippen LogP contribution in [0.1, 0.15) is 52.9 Å². The molecule has 1 saturated heterocycles. The molecule has 0 N–H and O–H groups in total. The fourth-order valence-corrected chi connectivity index (χ4v) is 2.60. The second-order valence-electron chi connectivity index (χ2n) is 4.12. The maximum Gasteiger partial charge on any atom is 0.0605 e. The van der Waals surface area contributed by atoms with Gasteiger partial charge in [-0.1, -0.05) is 33.6 Å². The van der Waals surface area contributed by atoms with Gasteiger partial charge in [0.2, 0.25) is 0 Å². The second kappa shape index (κ2) is 8.96. The maximum absolute atomic E-state index is 5.75. The first-order chi connectivity index (χ1) is 7.38. The van der Waals surface area contributed by atoms with Crippen molar-refractivity contribution >= 4 is 0 Å². The Labute approximate surface area is 95.9 Å². The Balaban J connectivity index is 0.000000442. The first-order valence-electron chi connectivity index (χ1n) is 6.49. The van der Waals surface area contributed by atoms with Crippen LogP contribution in [0, 0.1) is 11.8 Å². The van der Waals surface area contributed by atoms with Crippen LogP contribution in [0.5, 0.6) is 0 Å². The third kappa shape index (κ3) is 4.38. The predicted octanol–water partition coefficient (Wildman–Crippen LogP) is 4.43. The zero-order valence-electron chi connectivity index (χ0n) is 10.8. The van der Waals surface area contributed by atoms with Crippen LogP contribution in [0.3, 0.4) is 0 Å². The van der Waals surface area contributed by atoms with Crippen molar-refractivity contribution in [3.8, 4) is 0 Å². The Bertz CT molecular complexity index is 142. The Kier molecular flexibility index (Phi) is 8.79. The number of rotatable bonds is 0. The van der Waals surface area contributed by atoms with Crippen molar-refractivity contribution in [1.29, 1.82) is 0 Å². The van der Waals surface area contributed by atoms with Crippen LogP contribution in [-0.4, -0.2) is 12.7 Å². The van der Waals surface area contributed by atoms with Crippen LogP contribution in [0.2, 0.25) is 0 Å². The van der Waals surface area contributed by atoms with Crippen molar-refractivity contribution in [2.24, 2.45) is 11.8 Å². The predicted molar refractivity (Wildman–Crippen MR) is 68.1 cm³/mol. The molecule has 0 aromatic rings. The average Bonchev–Trinajstić information content (AvgIpc) is 2.35. The highest BCUT2D eigenvalue weighted by atomic mass is 16.5. The van der Waals surface area contributed by atoms with Gasteiger partial charge in [-0.25, -0.2) is 0 Å². The quantitative estimate of drug-likeness (QED) is 0.540. The molecule has 90 valence electrons. The summed E-state index contributed by atoms with van der Waals surface area (Å²) in [6, 6.07) is 0. The molecular weight excluding hydrogens is 184 g/mol. The van der Waals surface area contributed by atoms with Gasteiger partial charge in [0.25, 0.3) is 0 Å². The number of fused-ring (bicyclic) bond motifs is 1. The summed E-state index contributed by atoms with van der Waals surface area (Å²) in [6.07, 6.45) is 7.51. The summed E-state index contributed by atoms with van der Waals surface area (Å²) in [5, 5.41) is 0. The van der Waals surface area contributed by atoms with E-state index in [4.69, 9.17) is 4.74 Å². The fourth-order valence-electron chi connectivity index (χ4n) is 2.60. The van der Waals surface area contributed by atoms with Crippen molar-refractivity contribution in [2.45, 2.75) is 59.0 Å². The molecule has 3 unspecified atom stereocenters. The van der Waals surface area contributed by atoms with Gasteiger partial charge in [0.05, 0.1) is 6.10 Å². The Morgan fingerprint density at radius 1 is 1.00 bits per heavy atom. The van der Waals surface area contributed by atoms with Crippen molar-refractivity contribution in [2.75, 3.05) is 6.61 Å². The lowest BCUT2D eigenvalue weighted by molar-refractivity contribution is -0.0721. The molecule has 3 atom stereocenters. The minimum Gasteiger partial charge on any atom is -0.378 e. The van der Waals surface area contributed by atoms with E-state index in [0.29, 0.717) is 6.10 Å². The molecule has 1 saturated carbocycles. The molecule has 1 nitrogen and oxygen atoms in total. The van der Waals surface area contributed by atoms with Crippen molar-refractivity contribution in [1.82, 2.24) is 0 Å². The first-order valence-corrected chi connectivity index (χ1v) is 6.49. The largest absolute Gasteiger partial charge is 0.378 e. The maximum atomic E-state index is 5.75. The lowest BCUT2D eigenvalue weighted by Gasteiger charge is -2.39. The summed E-state index contributed by atoms with van der Waals surface area (Å²) >= 11 is 0. The van der Waals surface area contributed by atoms with Crippen LogP contribution in [0.4, 0.5) is 0 Å². The van der Waals surface area contributed by atoms with Gasteiger partial charge >= 0.3 is 0 Å². The lowest BCUT2D eigenvalue weighted by Crippen LogP contribution is -2.37. The highest BCUT2D eigenvalue weighted by Crippen LogP contribution is 2.36. The molecule has 15 heavy (non-hydrogen) atoms. The van der Waals surface area contributed by atoms with E-state index in [0.717, 1.165) is 18.4 Å². The third-order valence-electron chi connectivity index (χ3n) is 3.39. The van der Waals surface area contributed by atoms with Gasteiger partial charge in [-0.2, -0.15) is 0 Å². The molecule has 1 aliphatic heterocycles. The van der Waals surface area contributed by atoms with Crippen LogP contribution < -0.4 is 0 Å². The van der Waals surface area contributed by atoms with E-state index >= 15 is 0 Å². The van der Waals surface area contributed by atoms with Crippen molar-refractivity contribution in [3.05, 3.63) is 13.2 Å². The first kappa shape index (κ1) is 14.7. The smallest absolute Gasteiger partial charge is 0.0605 e. The molecule has 0 aromatic carbocycles. The number of hydrogen-bond acceptors (Lipinski definition) is 1. The van der Waals surface area contributed by atoms with E-state index in [9.17, 15) is 0 Å². The van der Waals surface area contributed by atoms with Gasteiger partial charge in [0, 0.05) is 6.61 Å². The van der Waals surface area contributed by atoms with E-state index in [1.807, 2.05) is 13.8 Å². The molecular formula is C14H28O. The number of ether oxygens (including phenoxy) is 1. The highest BCUT2D eigenvalue weighted by molar-refractivity contribution is 4.82. The summed E-state index contributed by atoms with van der Waals surface area (Å²) in [4.78, 5) is 0. The van der Waals surface area contributed by atoms with Gasteiger partial charge in [-0.05, 0) is 31.1 Å². The zero-order valence-corrected chi connectivity index (χ0v) is 10.8. The highest BCUT2D eigenvalue weighted by Gasteiger charge is 2.32. The Hall–Kier alpha value is -0.300. The van der Waals surface area contributed by atoms with Gasteiger partial charge < -0.3 is 4.74 Å². The van der Waals surface area contributed by atoms with Crippen molar-refractivity contribution in [3.63, 3.8) is 0 Å². The van der Waals surface area contributed by atoms with Crippen LogP contribution in [0.15, 0.2) is 13.2 Å². The molecule has 0 radical (unpaired) electrons.